The molecule has 0 unspecified atom stereocenters. The Morgan fingerprint density at radius 1 is 1.16 bits per heavy atom. The number of pyridine rings is 1. The highest BCUT2D eigenvalue weighted by molar-refractivity contribution is 6.33. The number of ether oxygens (including phenoxy) is 3. The van der Waals surface area contributed by atoms with Crippen LogP contribution in [0.3, 0.4) is 0 Å². The molecule has 37 heavy (non-hydrogen) atoms. The molecule has 1 saturated carbocycles. The second kappa shape index (κ2) is 13.0. The van der Waals surface area contributed by atoms with E-state index in [1.165, 1.54) is 0 Å². The lowest BCUT2D eigenvalue weighted by atomic mass is 9.80. The summed E-state index contributed by atoms with van der Waals surface area (Å²) in [6.07, 6.45) is 7.36. The zero-order chi connectivity index (χ0) is 26.1. The third-order valence-electron chi connectivity index (χ3n) is 7.03. The largest absolute Gasteiger partial charge is 0.489 e. The van der Waals surface area contributed by atoms with Crippen molar-refractivity contribution < 1.29 is 24.1 Å². The van der Waals surface area contributed by atoms with Crippen molar-refractivity contribution in [2.45, 2.75) is 69.6 Å². The Hall–Kier alpha value is -3.03. The van der Waals surface area contributed by atoms with E-state index in [4.69, 9.17) is 25.8 Å². The predicted molar refractivity (Wildman–Crippen MR) is 145 cm³/mol. The van der Waals surface area contributed by atoms with Crippen LogP contribution in [0.4, 0.5) is 4.79 Å². The topological polar surface area (TPSA) is 89.9 Å². The van der Waals surface area contributed by atoms with Gasteiger partial charge in [0.1, 0.15) is 12.4 Å². The molecule has 1 aliphatic rings. The van der Waals surface area contributed by atoms with Crippen molar-refractivity contribution in [2.75, 3.05) is 13.7 Å². The van der Waals surface area contributed by atoms with Crippen LogP contribution < -0.4 is 14.8 Å². The fourth-order valence-corrected chi connectivity index (χ4v) is 5.41. The van der Waals surface area contributed by atoms with Crippen LogP contribution in [-0.4, -0.2) is 41.5 Å². The monoisotopic (exact) mass is 526 g/mol. The third kappa shape index (κ3) is 7.49. The average Bonchev–Trinajstić information content (AvgIpc) is 2.87. The molecule has 1 aromatic heterocycles. The second-order valence-corrected chi connectivity index (χ2v) is 10.1. The number of hydrogen-bond donors (Lipinski definition) is 2. The molecule has 0 radical (unpaired) electrons. The Morgan fingerprint density at radius 3 is 2.62 bits per heavy atom. The van der Waals surface area contributed by atoms with Gasteiger partial charge in [0.2, 0.25) is 5.88 Å². The molecule has 0 spiro atoms. The van der Waals surface area contributed by atoms with Crippen molar-refractivity contribution in [1.82, 2.24) is 10.3 Å². The van der Waals surface area contributed by atoms with Gasteiger partial charge in [-0.1, -0.05) is 41.9 Å². The molecule has 3 aromatic rings. The standard InChI is InChI=1S/C29H35ClN2O5/c1-35-17-7-15-29(32-28(33)34)13-5-10-23(11-6-14-29)37-26-18-22-12-16-31-27(24(22)19-25(26)30)36-20-21-8-3-2-4-9-21/h2-4,8-9,12,16,18-19,23,32H,5-7,10-11,13-15,17,20H2,1H3,(H,33,34). The molecule has 1 aliphatic carbocycles. The SMILES string of the molecule is COCCCC1(NC(=O)O)CCCC(Oc2cc3ccnc(OCc4ccccc4)c3cc2Cl)CCC1. The minimum atomic E-state index is -0.963. The molecular weight excluding hydrogens is 492 g/mol. The van der Waals surface area contributed by atoms with Gasteiger partial charge in [-0.25, -0.2) is 9.78 Å². The Morgan fingerprint density at radius 2 is 1.92 bits per heavy atom. The number of aromatic nitrogens is 1. The number of fused-ring (bicyclic) bond motifs is 1. The van der Waals surface area contributed by atoms with Gasteiger partial charge < -0.3 is 24.6 Å². The molecule has 2 aromatic carbocycles. The van der Waals surface area contributed by atoms with Gasteiger partial charge in [0, 0.05) is 30.8 Å². The van der Waals surface area contributed by atoms with E-state index in [1.807, 2.05) is 48.5 Å². The van der Waals surface area contributed by atoms with E-state index in [0.717, 1.165) is 67.7 Å². The van der Waals surface area contributed by atoms with E-state index in [0.29, 0.717) is 29.9 Å². The molecule has 0 saturated heterocycles. The van der Waals surface area contributed by atoms with Crippen LogP contribution in [0.2, 0.25) is 5.02 Å². The maximum absolute atomic E-state index is 11.5. The fourth-order valence-electron chi connectivity index (χ4n) is 5.20. The lowest BCUT2D eigenvalue weighted by Gasteiger charge is -2.37. The highest BCUT2D eigenvalue weighted by atomic mass is 35.5. The van der Waals surface area contributed by atoms with Crippen molar-refractivity contribution in [3.63, 3.8) is 0 Å². The van der Waals surface area contributed by atoms with Gasteiger partial charge in [-0.2, -0.15) is 0 Å². The molecule has 1 fully saturated rings. The molecule has 1 heterocycles. The zero-order valence-electron chi connectivity index (χ0n) is 21.2. The predicted octanol–water partition coefficient (Wildman–Crippen LogP) is 7.00. The summed E-state index contributed by atoms with van der Waals surface area (Å²) in [4.78, 5) is 15.9. The van der Waals surface area contributed by atoms with Crippen molar-refractivity contribution in [3.05, 3.63) is 65.3 Å². The first-order valence-electron chi connectivity index (χ1n) is 12.9. The summed E-state index contributed by atoms with van der Waals surface area (Å²) < 4.78 is 17.6. The van der Waals surface area contributed by atoms with Gasteiger partial charge in [-0.05, 0) is 80.5 Å². The van der Waals surface area contributed by atoms with E-state index in [-0.39, 0.29) is 6.10 Å². The number of hydrogen-bond acceptors (Lipinski definition) is 5. The maximum Gasteiger partial charge on any atom is 0.405 e. The van der Waals surface area contributed by atoms with Crippen LogP contribution in [-0.2, 0) is 11.3 Å². The molecule has 7 nitrogen and oxygen atoms in total. The summed E-state index contributed by atoms with van der Waals surface area (Å²) in [6.45, 7) is 1.05. The van der Waals surface area contributed by atoms with E-state index in [9.17, 15) is 9.90 Å². The van der Waals surface area contributed by atoms with Gasteiger partial charge in [-0.3, -0.25) is 0 Å². The lowest BCUT2D eigenvalue weighted by molar-refractivity contribution is 0.121. The summed E-state index contributed by atoms with van der Waals surface area (Å²) in [5, 5.41) is 14.6. The number of methoxy groups -OCH3 is 1. The first kappa shape index (κ1) is 27.0. The van der Waals surface area contributed by atoms with Crippen LogP contribution in [0, 0.1) is 0 Å². The highest BCUT2D eigenvalue weighted by Crippen LogP contribution is 2.37. The molecule has 1 amide bonds. The van der Waals surface area contributed by atoms with Crippen LogP contribution in [0.15, 0.2) is 54.7 Å². The van der Waals surface area contributed by atoms with Gasteiger partial charge in [0.15, 0.2) is 0 Å². The van der Waals surface area contributed by atoms with Crippen LogP contribution in [0.1, 0.15) is 56.9 Å². The van der Waals surface area contributed by atoms with Gasteiger partial charge >= 0.3 is 6.09 Å². The average molecular weight is 527 g/mol. The fraction of sp³-hybridized carbons (Fsp3) is 0.448. The zero-order valence-corrected chi connectivity index (χ0v) is 22.0. The summed E-state index contributed by atoms with van der Waals surface area (Å²) in [6, 6.07) is 15.7. The highest BCUT2D eigenvalue weighted by Gasteiger charge is 2.33. The number of benzene rings is 2. The summed E-state index contributed by atoms with van der Waals surface area (Å²) >= 11 is 6.66. The number of amides is 1. The quantitative estimate of drug-likeness (QED) is 0.276. The second-order valence-electron chi connectivity index (χ2n) is 9.73. The first-order valence-corrected chi connectivity index (χ1v) is 13.3. The number of rotatable bonds is 10. The molecule has 4 rings (SSSR count). The number of nitrogens with one attached hydrogen (secondary N) is 1. The molecular formula is C29H35ClN2O5. The van der Waals surface area contributed by atoms with Crippen molar-refractivity contribution in [1.29, 1.82) is 0 Å². The number of carbonyl (C=O) groups is 1. The van der Waals surface area contributed by atoms with Gasteiger partial charge in [0.25, 0.3) is 0 Å². The third-order valence-corrected chi connectivity index (χ3v) is 7.33. The van der Waals surface area contributed by atoms with Crippen LogP contribution >= 0.6 is 11.6 Å². The van der Waals surface area contributed by atoms with Crippen LogP contribution in [0.5, 0.6) is 11.6 Å². The molecule has 0 aliphatic heterocycles. The van der Waals surface area contributed by atoms with Crippen LogP contribution in [0.25, 0.3) is 10.8 Å². The van der Waals surface area contributed by atoms with Crippen molar-refractivity contribution in [3.8, 4) is 11.6 Å². The normalized spacial score (nSPS) is 20.1. The number of carboxylic acid groups (broad SMARTS) is 1. The van der Waals surface area contributed by atoms with E-state index in [2.05, 4.69) is 10.3 Å². The Bertz CT molecular complexity index is 1160. The van der Waals surface area contributed by atoms with E-state index >= 15 is 0 Å². The first-order chi connectivity index (χ1) is 18.0. The summed E-state index contributed by atoms with van der Waals surface area (Å²) in [7, 11) is 1.67. The lowest BCUT2D eigenvalue weighted by Crippen LogP contribution is -2.49. The molecule has 198 valence electrons. The number of nitrogens with zero attached hydrogens (tertiary/aromatic N) is 1. The molecule has 2 N–H and O–H groups in total. The van der Waals surface area contributed by atoms with Crippen molar-refractivity contribution in [2.24, 2.45) is 0 Å². The Balaban J connectivity index is 1.41. The maximum atomic E-state index is 11.5. The smallest absolute Gasteiger partial charge is 0.405 e. The molecule has 0 atom stereocenters. The Kier molecular flexibility index (Phi) is 9.47. The summed E-state index contributed by atoms with van der Waals surface area (Å²) in [5.74, 6) is 1.19. The van der Waals surface area contributed by atoms with E-state index < -0.39 is 11.6 Å². The summed E-state index contributed by atoms with van der Waals surface area (Å²) in [5.41, 5.74) is 0.664. The minimum absolute atomic E-state index is 0.0207. The molecule has 8 heteroatoms. The van der Waals surface area contributed by atoms with E-state index in [1.54, 1.807) is 13.3 Å². The Labute approximate surface area is 223 Å². The van der Waals surface area contributed by atoms with Gasteiger partial charge in [-0.15, -0.1) is 0 Å². The van der Waals surface area contributed by atoms with Gasteiger partial charge in [0.05, 0.1) is 11.1 Å². The molecule has 0 bridgehead atoms. The minimum Gasteiger partial charge on any atom is -0.489 e. The number of halogens is 1. The van der Waals surface area contributed by atoms with Crippen molar-refractivity contribution >= 4 is 28.5 Å².